The summed E-state index contributed by atoms with van der Waals surface area (Å²) < 4.78 is 25.4. The molecule has 0 aliphatic rings. The van der Waals surface area contributed by atoms with Gasteiger partial charge in [-0.15, -0.1) is 0 Å². The van der Waals surface area contributed by atoms with Gasteiger partial charge in [-0.2, -0.15) is 13.3 Å². The normalized spacial score (nSPS) is 7.42. The second-order valence-electron chi connectivity index (χ2n) is 3.86. The number of hydrogen-bond acceptors (Lipinski definition) is 6. The van der Waals surface area contributed by atoms with Crippen LogP contribution in [-0.2, 0) is 58.1 Å². The van der Waals surface area contributed by atoms with E-state index in [0.29, 0.717) is 11.1 Å². The summed E-state index contributed by atoms with van der Waals surface area (Å²) in [6.07, 6.45) is 4.85. The molecule has 8 heteroatoms. The van der Waals surface area contributed by atoms with Crippen molar-refractivity contribution >= 4 is 11.9 Å². The first-order valence-corrected chi connectivity index (χ1v) is 7.23. The van der Waals surface area contributed by atoms with E-state index in [1.165, 1.54) is 12.8 Å². The van der Waals surface area contributed by atoms with Gasteiger partial charge in [0.05, 0.1) is 0 Å². The van der Waals surface area contributed by atoms with Crippen LogP contribution < -0.4 is 0 Å². The zero-order valence-corrected chi connectivity index (χ0v) is 16.9. The van der Waals surface area contributed by atoms with Gasteiger partial charge in [-0.05, 0) is 27.1 Å². The molecule has 0 unspecified atom stereocenters. The van der Waals surface area contributed by atoms with E-state index < -0.39 is 11.9 Å². The Morgan fingerprint density at radius 3 is 1.33 bits per heavy atom. The van der Waals surface area contributed by atoms with E-state index >= 15 is 0 Å². The van der Waals surface area contributed by atoms with E-state index in [4.69, 9.17) is 17.2 Å². The molecular formula is C16H27Co2O6-3. The van der Waals surface area contributed by atoms with Crippen molar-refractivity contribution < 1.29 is 58.1 Å². The Bertz CT molecular complexity index is 313. The molecule has 0 N–H and O–H groups in total. The summed E-state index contributed by atoms with van der Waals surface area (Å²) in [6, 6.07) is 0. The predicted octanol–water partition coefficient (Wildman–Crippen LogP) is 3.26. The van der Waals surface area contributed by atoms with Crippen LogP contribution in [0.2, 0.25) is 0 Å². The predicted molar refractivity (Wildman–Crippen MR) is 83.9 cm³/mol. The van der Waals surface area contributed by atoms with Gasteiger partial charge in [0.25, 0.3) is 0 Å². The number of ether oxygens (including phenoxy) is 2. The molecule has 0 bridgehead atoms. The third-order valence-electron chi connectivity index (χ3n) is 1.77. The number of rotatable bonds is 7. The molecular weight excluding hydrogens is 406 g/mol. The van der Waals surface area contributed by atoms with Crippen LogP contribution in [-0.4, -0.2) is 25.2 Å². The molecule has 0 saturated carbocycles. The molecule has 0 aliphatic heterocycles. The topological polar surface area (TPSA) is 86.7 Å². The van der Waals surface area contributed by atoms with Crippen LogP contribution in [0, 0.1) is 20.3 Å². The fourth-order valence-corrected chi connectivity index (χ4v) is 0.564. The van der Waals surface area contributed by atoms with Crippen molar-refractivity contribution in [3.63, 3.8) is 0 Å². The minimum atomic E-state index is -0.461. The van der Waals surface area contributed by atoms with Gasteiger partial charge >= 0.3 is 51.0 Å². The Balaban J connectivity index is -0.000000114. The Hall–Kier alpha value is -0.967. The fourth-order valence-electron chi connectivity index (χ4n) is 0.564. The molecule has 0 amide bonds. The number of carbonyl (C=O) groups is 2. The average Bonchev–Trinajstić information content (AvgIpc) is 2.57. The number of unbranched alkanes of at least 4 members (excludes halogenated alkanes) is 1. The van der Waals surface area contributed by atoms with Crippen molar-refractivity contribution in [3.05, 3.63) is 44.6 Å². The van der Waals surface area contributed by atoms with Gasteiger partial charge in [0.1, 0.15) is 0 Å². The fraction of sp³-hybridized carbons (Fsp3) is 0.438. The molecule has 0 aromatic rings. The number of esters is 2. The van der Waals surface area contributed by atoms with Crippen molar-refractivity contribution in [2.24, 2.45) is 0 Å². The van der Waals surface area contributed by atoms with Crippen LogP contribution in [0.1, 0.15) is 34.1 Å². The van der Waals surface area contributed by atoms with Crippen LogP contribution in [0.5, 0.6) is 0 Å². The van der Waals surface area contributed by atoms with Gasteiger partial charge in [-0.1, -0.05) is 20.1 Å². The first kappa shape index (κ1) is 34.4. The molecule has 0 radical (unpaired) electrons. The Morgan fingerprint density at radius 2 is 1.17 bits per heavy atom. The van der Waals surface area contributed by atoms with E-state index in [0.717, 1.165) is 0 Å². The Morgan fingerprint density at radius 1 is 0.917 bits per heavy atom. The van der Waals surface area contributed by atoms with E-state index in [-0.39, 0.29) is 20.6 Å². The molecule has 6 nitrogen and oxygen atoms in total. The maximum absolute atomic E-state index is 10.9. The zero-order chi connectivity index (χ0) is 19.3. The van der Waals surface area contributed by atoms with Crippen molar-refractivity contribution in [3.8, 4) is 0 Å². The van der Waals surface area contributed by atoms with Gasteiger partial charge in [-0.25, -0.2) is 9.59 Å². The summed E-state index contributed by atoms with van der Waals surface area (Å²) in [7, 11) is 0. The summed E-state index contributed by atoms with van der Waals surface area (Å²) in [5.41, 5.74) is 0.671. The van der Waals surface area contributed by atoms with Gasteiger partial charge in [0.2, 0.25) is 0 Å². The van der Waals surface area contributed by atoms with E-state index in [2.05, 4.69) is 64.8 Å². The van der Waals surface area contributed by atoms with Gasteiger partial charge in [0, 0.05) is 11.1 Å². The molecule has 0 saturated heterocycles. The minimum absolute atomic E-state index is 0. The molecule has 24 heavy (non-hydrogen) atoms. The van der Waals surface area contributed by atoms with Crippen molar-refractivity contribution in [2.45, 2.75) is 34.1 Å². The second-order valence-corrected chi connectivity index (χ2v) is 3.86. The Labute approximate surface area is 162 Å². The maximum atomic E-state index is 10.9. The molecule has 0 heterocycles. The molecule has 0 rings (SSSR count). The van der Waals surface area contributed by atoms with Gasteiger partial charge in [-0.3, -0.25) is 6.42 Å². The van der Waals surface area contributed by atoms with Crippen LogP contribution in [0.4, 0.5) is 0 Å². The van der Waals surface area contributed by atoms with Gasteiger partial charge < -0.3 is 23.3 Å². The van der Waals surface area contributed by atoms with Crippen LogP contribution in [0.3, 0.4) is 0 Å². The molecule has 0 aromatic carbocycles. The Kier molecular flexibility index (Phi) is 42.9. The summed E-state index contributed by atoms with van der Waals surface area (Å²) in [4.78, 5) is 21.8. The van der Waals surface area contributed by atoms with E-state index in [1.54, 1.807) is 13.8 Å². The first-order valence-electron chi connectivity index (χ1n) is 6.38. The quantitative estimate of drug-likeness (QED) is 0.265. The average molecular weight is 433 g/mol. The molecule has 0 atom stereocenters. The van der Waals surface area contributed by atoms with Gasteiger partial charge in [0.15, 0.2) is 0 Å². The first-order chi connectivity index (χ1) is 10.9. The molecule has 0 aromatic heterocycles. The molecule has 0 spiro atoms. The van der Waals surface area contributed by atoms with Crippen molar-refractivity contribution in [2.75, 3.05) is 13.2 Å². The summed E-state index contributed by atoms with van der Waals surface area (Å²) in [6.45, 7) is 14.3. The standard InChI is InChI=1S/C11H15O4.C4H9.CH3.2Co.2O/c1-8(2)10(12)14-6-5-7-15-11(13)9(3)4;1-3-4-2;;;;;/h5H,1,3,6-7H2,2,4H3;3H,4H2,1-2H3;1H3;;;;/q3*-1;;;;. The molecule has 148 valence electrons. The molecule has 0 aliphatic carbocycles. The number of hydrogen-bond donors (Lipinski definition) is 0. The second kappa shape index (κ2) is 30.0. The monoisotopic (exact) mass is 433 g/mol. The van der Waals surface area contributed by atoms with E-state index in [1.807, 2.05) is 0 Å². The third-order valence-corrected chi connectivity index (χ3v) is 1.77. The summed E-state index contributed by atoms with van der Waals surface area (Å²) in [5.74, 6) is -0.921. The SMILES string of the molecule is C=C(C)C(=O)OC[CH-]COC(=O)C(=C)C.C[CH-]CC.[CH3-].[O]=[Co].[O]=[Co]. The third kappa shape index (κ3) is 32.8. The summed E-state index contributed by atoms with van der Waals surface area (Å²) >= 11 is 4.62. The molecule has 0 fully saturated rings. The van der Waals surface area contributed by atoms with Crippen molar-refractivity contribution in [1.82, 2.24) is 0 Å². The number of carbonyl (C=O) groups excluding carboxylic acids is 2. The van der Waals surface area contributed by atoms with Crippen LogP contribution in [0.25, 0.3) is 0 Å². The van der Waals surface area contributed by atoms with E-state index in [9.17, 15) is 9.59 Å². The van der Waals surface area contributed by atoms with Crippen LogP contribution in [0.15, 0.2) is 24.3 Å². The van der Waals surface area contributed by atoms with Crippen LogP contribution >= 0.6 is 0 Å². The van der Waals surface area contributed by atoms with Crippen molar-refractivity contribution in [1.29, 1.82) is 0 Å². The zero-order valence-electron chi connectivity index (χ0n) is 14.8. The summed E-state index contributed by atoms with van der Waals surface area (Å²) in [5, 5.41) is 0.